The number of fused-ring (bicyclic) bond motifs is 1. The molecule has 5 heteroatoms. The second-order valence-corrected chi connectivity index (χ2v) is 7.39. The third kappa shape index (κ3) is 3.41. The Morgan fingerprint density at radius 1 is 1.20 bits per heavy atom. The van der Waals surface area contributed by atoms with Crippen LogP contribution in [-0.4, -0.2) is 40.4 Å². The van der Waals surface area contributed by atoms with Gasteiger partial charge in [-0.05, 0) is 50.1 Å². The Hall–Kier alpha value is -2.30. The highest BCUT2D eigenvalue weighted by molar-refractivity contribution is 5.85. The molecule has 1 aromatic heterocycles. The van der Waals surface area contributed by atoms with Gasteiger partial charge in [0.1, 0.15) is 6.54 Å². The van der Waals surface area contributed by atoms with Crippen LogP contribution in [0.5, 0.6) is 0 Å². The SMILES string of the molecule is Cc1cc2ccccc2n1CC(=O)N1CCC[C@H](C(=O)NC2CC2)C1. The zero-order valence-electron chi connectivity index (χ0n) is 14.7. The topological polar surface area (TPSA) is 54.3 Å². The molecule has 2 fully saturated rings. The number of aryl methyl sites for hydroxylation is 1. The lowest BCUT2D eigenvalue weighted by molar-refractivity contribution is -0.136. The van der Waals surface area contributed by atoms with Crippen LogP contribution in [0.3, 0.4) is 0 Å². The van der Waals surface area contributed by atoms with Gasteiger partial charge >= 0.3 is 0 Å². The number of likely N-dealkylation sites (tertiary alicyclic amines) is 1. The van der Waals surface area contributed by atoms with Gasteiger partial charge in [-0.2, -0.15) is 0 Å². The van der Waals surface area contributed by atoms with E-state index in [1.165, 1.54) is 0 Å². The van der Waals surface area contributed by atoms with E-state index in [1.807, 2.05) is 24.0 Å². The molecular formula is C20H25N3O2. The Kier molecular flexibility index (Phi) is 4.24. The van der Waals surface area contributed by atoms with Crippen molar-refractivity contribution in [1.29, 1.82) is 0 Å². The predicted molar refractivity (Wildman–Crippen MR) is 97.1 cm³/mol. The maximum Gasteiger partial charge on any atom is 0.242 e. The van der Waals surface area contributed by atoms with Gasteiger partial charge in [0.25, 0.3) is 0 Å². The average molecular weight is 339 g/mol. The quantitative estimate of drug-likeness (QED) is 0.930. The molecular weight excluding hydrogens is 314 g/mol. The van der Waals surface area contributed by atoms with E-state index < -0.39 is 0 Å². The van der Waals surface area contributed by atoms with Gasteiger partial charge in [0.15, 0.2) is 0 Å². The summed E-state index contributed by atoms with van der Waals surface area (Å²) in [5.74, 6) is 0.178. The predicted octanol–water partition coefficient (Wildman–Crippen LogP) is 2.47. The number of carbonyl (C=O) groups excluding carboxylic acids is 2. The van der Waals surface area contributed by atoms with E-state index in [1.54, 1.807) is 0 Å². The number of hydrogen-bond donors (Lipinski definition) is 1. The van der Waals surface area contributed by atoms with E-state index in [-0.39, 0.29) is 17.7 Å². The van der Waals surface area contributed by atoms with Crippen molar-refractivity contribution in [2.75, 3.05) is 13.1 Å². The number of piperidine rings is 1. The molecule has 1 N–H and O–H groups in total. The molecule has 2 aromatic rings. The highest BCUT2D eigenvalue weighted by Gasteiger charge is 2.32. The summed E-state index contributed by atoms with van der Waals surface area (Å²) in [4.78, 5) is 27.0. The average Bonchev–Trinajstić information content (AvgIpc) is 3.38. The molecule has 2 heterocycles. The summed E-state index contributed by atoms with van der Waals surface area (Å²) in [5.41, 5.74) is 2.18. The summed E-state index contributed by atoms with van der Waals surface area (Å²) in [7, 11) is 0. The van der Waals surface area contributed by atoms with Crippen LogP contribution in [0.15, 0.2) is 30.3 Å². The highest BCUT2D eigenvalue weighted by atomic mass is 16.2. The summed E-state index contributed by atoms with van der Waals surface area (Å²) < 4.78 is 2.07. The molecule has 2 amide bonds. The number of carbonyl (C=O) groups is 2. The molecule has 1 saturated carbocycles. The highest BCUT2D eigenvalue weighted by Crippen LogP contribution is 2.23. The number of nitrogens with zero attached hydrogens (tertiary/aromatic N) is 2. The van der Waals surface area contributed by atoms with Gasteiger partial charge in [0.05, 0.1) is 5.92 Å². The van der Waals surface area contributed by atoms with Gasteiger partial charge < -0.3 is 14.8 Å². The lowest BCUT2D eigenvalue weighted by atomic mass is 9.97. The monoisotopic (exact) mass is 339 g/mol. The van der Waals surface area contributed by atoms with Gasteiger partial charge in [-0.25, -0.2) is 0 Å². The van der Waals surface area contributed by atoms with Crippen LogP contribution in [0.4, 0.5) is 0 Å². The van der Waals surface area contributed by atoms with Crippen molar-refractivity contribution in [1.82, 2.24) is 14.8 Å². The number of nitrogens with one attached hydrogen (secondary N) is 1. The van der Waals surface area contributed by atoms with Crippen LogP contribution in [0, 0.1) is 12.8 Å². The van der Waals surface area contributed by atoms with Crippen molar-refractivity contribution in [3.05, 3.63) is 36.0 Å². The number of rotatable bonds is 4. The largest absolute Gasteiger partial charge is 0.353 e. The Morgan fingerprint density at radius 2 is 2.00 bits per heavy atom. The first-order valence-electron chi connectivity index (χ1n) is 9.25. The first-order chi connectivity index (χ1) is 12.1. The van der Waals surface area contributed by atoms with E-state index in [0.717, 1.165) is 48.8 Å². The molecule has 1 atom stereocenters. The van der Waals surface area contributed by atoms with Crippen LogP contribution >= 0.6 is 0 Å². The molecule has 4 rings (SSSR count). The molecule has 0 unspecified atom stereocenters. The zero-order valence-corrected chi connectivity index (χ0v) is 14.7. The van der Waals surface area contributed by atoms with Gasteiger partial charge in [0, 0.05) is 30.3 Å². The number of hydrogen-bond acceptors (Lipinski definition) is 2. The molecule has 1 aliphatic carbocycles. The minimum atomic E-state index is -0.0548. The molecule has 132 valence electrons. The molecule has 0 radical (unpaired) electrons. The van der Waals surface area contributed by atoms with E-state index in [9.17, 15) is 9.59 Å². The lowest BCUT2D eigenvalue weighted by Gasteiger charge is -2.32. The Bertz CT molecular complexity index is 806. The minimum absolute atomic E-state index is 0.0548. The molecule has 0 bridgehead atoms. The van der Waals surface area contributed by atoms with Crippen molar-refractivity contribution >= 4 is 22.7 Å². The second-order valence-electron chi connectivity index (χ2n) is 7.39. The van der Waals surface area contributed by atoms with E-state index >= 15 is 0 Å². The Balaban J connectivity index is 1.44. The van der Waals surface area contributed by atoms with Crippen LogP contribution < -0.4 is 5.32 Å². The number of amides is 2. The summed E-state index contributed by atoms with van der Waals surface area (Å²) >= 11 is 0. The van der Waals surface area contributed by atoms with Crippen molar-refractivity contribution in [3.63, 3.8) is 0 Å². The van der Waals surface area contributed by atoms with Gasteiger partial charge in [-0.15, -0.1) is 0 Å². The second kappa shape index (κ2) is 6.54. The maximum atomic E-state index is 12.8. The molecule has 25 heavy (non-hydrogen) atoms. The molecule has 5 nitrogen and oxygen atoms in total. The molecule has 1 aliphatic heterocycles. The normalized spacial score (nSPS) is 20.7. The summed E-state index contributed by atoms with van der Waals surface area (Å²) in [5, 5.41) is 4.24. The Labute approximate surface area is 148 Å². The first kappa shape index (κ1) is 16.2. The molecule has 0 spiro atoms. The van der Waals surface area contributed by atoms with Crippen molar-refractivity contribution in [2.45, 2.75) is 45.2 Å². The van der Waals surface area contributed by atoms with Gasteiger partial charge in [-0.3, -0.25) is 9.59 Å². The van der Waals surface area contributed by atoms with Crippen LogP contribution in [-0.2, 0) is 16.1 Å². The smallest absolute Gasteiger partial charge is 0.242 e. The fourth-order valence-electron chi connectivity index (χ4n) is 3.76. The summed E-state index contributed by atoms with van der Waals surface area (Å²) in [6.45, 7) is 3.69. The third-order valence-electron chi connectivity index (χ3n) is 5.38. The number of benzene rings is 1. The maximum absolute atomic E-state index is 12.8. The van der Waals surface area contributed by atoms with E-state index in [0.29, 0.717) is 19.1 Å². The van der Waals surface area contributed by atoms with Crippen molar-refractivity contribution in [3.8, 4) is 0 Å². The Morgan fingerprint density at radius 3 is 2.80 bits per heavy atom. The van der Waals surface area contributed by atoms with Gasteiger partial charge in [-0.1, -0.05) is 18.2 Å². The molecule has 2 aliphatic rings. The van der Waals surface area contributed by atoms with Gasteiger partial charge in [0.2, 0.25) is 11.8 Å². The summed E-state index contributed by atoms with van der Waals surface area (Å²) in [6, 6.07) is 10.6. The zero-order chi connectivity index (χ0) is 17.4. The molecule has 1 saturated heterocycles. The first-order valence-corrected chi connectivity index (χ1v) is 9.25. The number of aromatic nitrogens is 1. The van der Waals surface area contributed by atoms with Crippen LogP contribution in [0.1, 0.15) is 31.4 Å². The molecule has 1 aromatic carbocycles. The number of para-hydroxylation sites is 1. The third-order valence-corrected chi connectivity index (χ3v) is 5.38. The lowest BCUT2D eigenvalue weighted by Crippen LogP contribution is -2.46. The van der Waals surface area contributed by atoms with Crippen LogP contribution in [0.2, 0.25) is 0 Å². The van der Waals surface area contributed by atoms with Crippen molar-refractivity contribution < 1.29 is 9.59 Å². The van der Waals surface area contributed by atoms with E-state index in [2.05, 4.69) is 28.1 Å². The summed E-state index contributed by atoms with van der Waals surface area (Å²) in [6.07, 6.45) is 3.98. The van der Waals surface area contributed by atoms with E-state index in [4.69, 9.17) is 0 Å². The fourth-order valence-corrected chi connectivity index (χ4v) is 3.76. The minimum Gasteiger partial charge on any atom is -0.353 e. The van der Waals surface area contributed by atoms with Crippen molar-refractivity contribution in [2.24, 2.45) is 5.92 Å². The standard InChI is InChI=1S/C20H25N3O2/c1-14-11-15-5-2-3-7-18(15)23(14)13-19(24)22-10-4-6-16(12-22)20(25)21-17-8-9-17/h2-3,5,7,11,16-17H,4,6,8-10,12-13H2,1H3,(H,21,25)/t16-/m0/s1. The van der Waals surface area contributed by atoms with Crippen LogP contribution in [0.25, 0.3) is 10.9 Å². The fraction of sp³-hybridized carbons (Fsp3) is 0.500.